The lowest BCUT2D eigenvalue weighted by atomic mass is 9.95. The second kappa shape index (κ2) is 5.13. The fraction of sp³-hybridized carbons (Fsp3) is 0.429. The summed E-state index contributed by atoms with van der Waals surface area (Å²) in [5, 5.41) is 0. The molecule has 1 aromatic carbocycles. The van der Waals surface area contributed by atoms with Crippen molar-refractivity contribution >= 4 is 11.8 Å². The van der Waals surface area contributed by atoms with E-state index in [1.165, 1.54) is 0 Å². The molecule has 0 N–H and O–H groups in total. The van der Waals surface area contributed by atoms with E-state index in [1.807, 2.05) is 18.2 Å². The van der Waals surface area contributed by atoms with Crippen molar-refractivity contribution < 1.29 is 14.3 Å². The van der Waals surface area contributed by atoms with Crippen LogP contribution in [-0.2, 0) is 16.0 Å². The van der Waals surface area contributed by atoms with E-state index in [0.29, 0.717) is 18.6 Å². The Bertz CT molecular complexity index is 437. The van der Waals surface area contributed by atoms with E-state index in [1.54, 1.807) is 13.0 Å². The third kappa shape index (κ3) is 2.38. The third-order valence-electron chi connectivity index (χ3n) is 3.11. The van der Waals surface area contributed by atoms with Crippen molar-refractivity contribution in [3.63, 3.8) is 0 Å². The van der Waals surface area contributed by atoms with Crippen molar-refractivity contribution in [1.29, 1.82) is 0 Å². The topological polar surface area (TPSA) is 43.4 Å². The van der Waals surface area contributed by atoms with Crippen LogP contribution in [0, 0.1) is 5.92 Å². The van der Waals surface area contributed by atoms with Gasteiger partial charge in [-0.25, -0.2) is 0 Å². The standard InChI is InChI=1S/C14H16O3/c1-2-17-14(16)12-9-5-7-10-6-3-4-8-11(10)13(12)15/h3-4,6,8,12H,2,5,7,9H2,1H3/t12-/m0/s1. The summed E-state index contributed by atoms with van der Waals surface area (Å²) in [6, 6.07) is 7.52. The molecule has 3 nitrogen and oxygen atoms in total. The number of benzene rings is 1. The Hall–Kier alpha value is -1.64. The average Bonchev–Trinajstić information content (AvgIpc) is 2.50. The van der Waals surface area contributed by atoms with Crippen molar-refractivity contribution in [2.75, 3.05) is 6.61 Å². The van der Waals surface area contributed by atoms with Crippen LogP contribution in [0.2, 0.25) is 0 Å². The van der Waals surface area contributed by atoms with E-state index in [0.717, 1.165) is 18.4 Å². The molecule has 90 valence electrons. The molecule has 0 fully saturated rings. The average molecular weight is 232 g/mol. The first-order chi connectivity index (χ1) is 8.24. The number of hydrogen-bond acceptors (Lipinski definition) is 3. The second-order valence-electron chi connectivity index (χ2n) is 4.22. The fourth-order valence-electron chi connectivity index (χ4n) is 2.26. The van der Waals surface area contributed by atoms with Gasteiger partial charge in [-0.3, -0.25) is 9.59 Å². The summed E-state index contributed by atoms with van der Waals surface area (Å²) in [5.41, 5.74) is 1.73. The molecule has 0 saturated heterocycles. The molecule has 0 aromatic heterocycles. The molecular weight excluding hydrogens is 216 g/mol. The summed E-state index contributed by atoms with van der Waals surface area (Å²) in [6.45, 7) is 2.08. The predicted octanol–water partition coefficient (Wildman–Crippen LogP) is 2.38. The highest BCUT2D eigenvalue weighted by Gasteiger charge is 2.31. The number of fused-ring (bicyclic) bond motifs is 1. The molecule has 0 bridgehead atoms. The summed E-state index contributed by atoms with van der Waals surface area (Å²) in [7, 11) is 0. The summed E-state index contributed by atoms with van der Waals surface area (Å²) < 4.78 is 4.96. The molecule has 0 saturated carbocycles. The first-order valence-corrected chi connectivity index (χ1v) is 6.02. The molecule has 0 heterocycles. The predicted molar refractivity (Wildman–Crippen MR) is 63.8 cm³/mol. The number of ketones is 1. The number of carbonyl (C=O) groups is 2. The van der Waals surface area contributed by atoms with Crippen LogP contribution < -0.4 is 0 Å². The minimum atomic E-state index is -0.612. The molecule has 17 heavy (non-hydrogen) atoms. The van der Waals surface area contributed by atoms with Crippen LogP contribution in [0.5, 0.6) is 0 Å². The number of ether oxygens (including phenoxy) is 1. The summed E-state index contributed by atoms with van der Waals surface area (Å²) in [4.78, 5) is 24.0. The molecule has 1 aliphatic rings. The van der Waals surface area contributed by atoms with Crippen molar-refractivity contribution in [2.24, 2.45) is 5.92 Å². The van der Waals surface area contributed by atoms with E-state index in [2.05, 4.69) is 0 Å². The Morgan fingerprint density at radius 1 is 1.41 bits per heavy atom. The largest absolute Gasteiger partial charge is 0.465 e. The highest BCUT2D eigenvalue weighted by molar-refractivity contribution is 6.09. The van der Waals surface area contributed by atoms with Gasteiger partial charge in [-0.15, -0.1) is 0 Å². The minimum absolute atomic E-state index is 0.0865. The zero-order valence-corrected chi connectivity index (χ0v) is 9.94. The molecule has 1 aliphatic carbocycles. The fourth-order valence-corrected chi connectivity index (χ4v) is 2.26. The maximum Gasteiger partial charge on any atom is 0.316 e. The normalized spacial score (nSPS) is 19.4. The number of rotatable bonds is 2. The van der Waals surface area contributed by atoms with Crippen LogP contribution in [-0.4, -0.2) is 18.4 Å². The number of carbonyl (C=O) groups excluding carboxylic acids is 2. The smallest absolute Gasteiger partial charge is 0.316 e. The molecule has 3 heteroatoms. The highest BCUT2D eigenvalue weighted by Crippen LogP contribution is 2.25. The maximum atomic E-state index is 12.3. The molecular formula is C14H16O3. The Morgan fingerprint density at radius 2 is 2.18 bits per heavy atom. The number of aryl methyl sites for hydroxylation is 1. The van der Waals surface area contributed by atoms with E-state index in [9.17, 15) is 9.59 Å². The zero-order chi connectivity index (χ0) is 12.3. The zero-order valence-electron chi connectivity index (χ0n) is 9.94. The van der Waals surface area contributed by atoms with Gasteiger partial charge in [0, 0.05) is 5.56 Å². The van der Waals surface area contributed by atoms with Crippen molar-refractivity contribution in [2.45, 2.75) is 26.2 Å². The SMILES string of the molecule is CCOC(=O)[C@H]1CCCc2ccccc2C1=O. The third-order valence-corrected chi connectivity index (χ3v) is 3.11. The number of Topliss-reactive ketones (excluding diaryl/α,β-unsaturated/α-hetero) is 1. The monoisotopic (exact) mass is 232 g/mol. The van der Waals surface area contributed by atoms with Crippen LogP contribution >= 0.6 is 0 Å². The Balaban J connectivity index is 2.29. The van der Waals surface area contributed by atoms with Gasteiger partial charge in [-0.1, -0.05) is 24.3 Å². The van der Waals surface area contributed by atoms with Gasteiger partial charge in [0.25, 0.3) is 0 Å². The highest BCUT2D eigenvalue weighted by atomic mass is 16.5. The minimum Gasteiger partial charge on any atom is -0.465 e. The van der Waals surface area contributed by atoms with Crippen molar-refractivity contribution in [3.05, 3.63) is 35.4 Å². The molecule has 0 amide bonds. The molecule has 0 radical (unpaired) electrons. The van der Waals surface area contributed by atoms with E-state index >= 15 is 0 Å². The van der Waals surface area contributed by atoms with Gasteiger partial charge in [0.1, 0.15) is 5.92 Å². The summed E-state index contributed by atoms with van der Waals surface area (Å²) >= 11 is 0. The molecule has 2 rings (SSSR count). The Labute approximate surface area is 101 Å². The van der Waals surface area contributed by atoms with Gasteiger partial charge in [0.15, 0.2) is 5.78 Å². The van der Waals surface area contributed by atoms with Gasteiger partial charge in [-0.2, -0.15) is 0 Å². The van der Waals surface area contributed by atoms with Crippen molar-refractivity contribution in [3.8, 4) is 0 Å². The lowest BCUT2D eigenvalue weighted by molar-refractivity contribution is -0.146. The molecule has 0 aliphatic heterocycles. The first-order valence-electron chi connectivity index (χ1n) is 6.02. The Morgan fingerprint density at radius 3 is 2.94 bits per heavy atom. The summed E-state index contributed by atoms with van der Waals surface area (Å²) in [6.07, 6.45) is 2.30. The molecule has 1 aromatic rings. The van der Waals surface area contributed by atoms with Gasteiger partial charge in [0.05, 0.1) is 6.61 Å². The van der Waals surface area contributed by atoms with Crippen LogP contribution in [0.15, 0.2) is 24.3 Å². The summed E-state index contributed by atoms with van der Waals surface area (Å²) in [5.74, 6) is -1.08. The van der Waals surface area contributed by atoms with E-state index in [-0.39, 0.29) is 11.8 Å². The van der Waals surface area contributed by atoms with E-state index < -0.39 is 5.92 Å². The van der Waals surface area contributed by atoms with Gasteiger partial charge < -0.3 is 4.74 Å². The lowest BCUT2D eigenvalue weighted by Crippen LogP contribution is -2.25. The van der Waals surface area contributed by atoms with Crippen molar-refractivity contribution in [1.82, 2.24) is 0 Å². The lowest BCUT2D eigenvalue weighted by Gasteiger charge is -2.11. The number of esters is 1. The van der Waals surface area contributed by atoms with Crippen LogP contribution in [0.3, 0.4) is 0 Å². The molecule has 0 spiro atoms. The van der Waals surface area contributed by atoms with Crippen LogP contribution in [0.25, 0.3) is 0 Å². The van der Waals surface area contributed by atoms with E-state index in [4.69, 9.17) is 4.74 Å². The maximum absolute atomic E-state index is 12.3. The molecule has 1 atom stereocenters. The molecule has 0 unspecified atom stereocenters. The van der Waals surface area contributed by atoms with Gasteiger partial charge >= 0.3 is 5.97 Å². The second-order valence-corrected chi connectivity index (χ2v) is 4.22. The first kappa shape index (κ1) is 11.8. The quantitative estimate of drug-likeness (QED) is 0.446. The Kier molecular flexibility index (Phi) is 3.57. The van der Waals surface area contributed by atoms with Gasteiger partial charge in [0.2, 0.25) is 0 Å². The van der Waals surface area contributed by atoms with Crippen LogP contribution in [0.1, 0.15) is 35.7 Å². The van der Waals surface area contributed by atoms with Gasteiger partial charge in [-0.05, 0) is 31.7 Å². The number of hydrogen-bond donors (Lipinski definition) is 0. The van der Waals surface area contributed by atoms with Crippen LogP contribution in [0.4, 0.5) is 0 Å².